The highest BCUT2D eigenvalue weighted by molar-refractivity contribution is 5.80. The van der Waals surface area contributed by atoms with Crippen LogP contribution in [0, 0.1) is 11.8 Å². The normalized spacial score (nSPS) is 23.4. The van der Waals surface area contributed by atoms with Gasteiger partial charge in [0.25, 0.3) is 0 Å². The summed E-state index contributed by atoms with van der Waals surface area (Å²) in [6.45, 7) is 1.48. The molecule has 1 heterocycles. The zero-order valence-electron chi connectivity index (χ0n) is 19.8. The summed E-state index contributed by atoms with van der Waals surface area (Å²) in [5, 5.41) is 12.0. The maximum Gasteiger partial charge on any atom is 0.407 e. The highest BCUT2D eigenvalue weighted by atomic mass is 16.5. The number of hydrogen-bond donors (Lipinski definition) is 2. The molecule has 5 rings (SSSR count). The van der Waals surface area contributed by atoms with Gasteiger partial charge in [-0.15, -0.1) is 0 Å². The molecule has 184 valence electrons. The Kier molecular flexibility index (Phi) is 6.75. The van der Waals surface area contributed by atoms with E-state index in [4.69, 9.17) is 9.84 Å². The van der Waals surface area contributed by atoms with Gasteiger partial charge in [-0.1, -0.05) is 48.5 Å². The molecule has 1 unspecified atom stereocenters. The molecule has 1 aliphatic heterocycles. The van der Waals surface area contributed by atoms with Gasteiger partial charge in [-0.05, 0) is 60.3 Å². The molecule has 2 aromatic rings. The number of piperidine rings is 1. The van der Waals surface area contributed by atoms with E-state index in [1.165, 1.54) is 22.3 Å². The van der Waals surface area contributed by atoms with Crippen LogP contribution in [0.5, 0.6) is 0 Å². The van der Waals surface area contributed by atoms with Crippen LogP contribution in [-0.4, -0.2) is 53.7 Å². The summed E-state index contributed by atoms with van der Waals surface area (Å²) in [5.41, 5.74) is 4.74. The summed E-state index contributed by atoms with van der Waals surface area (Å²) in [6, 6.07) is 16.4. The highest BCUT2D eigenvalue weighted by Crippen LogP contribution is 2.44. The first-order chi connectivity index (χ1) is 17.0. The van der Waals surface area contributed by atoms with E-state index in [9.17, 15) is 14.4 Å². The van der Waals surface area contributed by atoms with Crippen molar-refractivity contribution in [2.24, 2.45) is 11.8 Å². The predicted molar refractivity (Wildman–Crippen MR) is 131 cm³/mol. The molecule has 1 saturated heterocycles. The third-order valence-electron chi connectivity index (χ3n) is 7.74. The number of nitrogens with one attached hydrogen (secondary N) is 1. The third kappa shape index (κ3) is 5.04. The molecule has 2 aromatic carbocycles. The molecule has 35 heavy (non-hydrogen) atoms. The van der Waals surface area contributed by atoms with Gasteiger partial charge in [-0.3, -0.25) is 9.59 Å². The number of aliphatic carboxylic acids is 1. The van der Waals surface area contributed by atoms with Crippen LogP contribution in [0.15, 0.2) is 48.5 Å². The van der Waals surface area contributed by atoms with E-state index in [0.717, 1.165) is 25.7 Å². The van der Waals surface area contributed by atoms with Crippen molar-refractivity contribution in [3.8, 4) is 11.1 Å². The Bertz CT molecular complexity index is 1070. The summed E-state index contributed by atoms with van der Waals surface area (Å²) in [4.78, 5) is 38.5. The number of carboxylic acid groups (broad SMARTS) is 1. The SMILES string of the molecule is O=C(O)CC1CCCN(C(=O)[C@@H]2CC[C@H](NC(=O)OCC3c4ccccc4-c4ccccc43)C2)C1. The molecule has 7 nitrogen and oxygen atoms in total. The van der Waals surface area contributed by atoms with Crippen molar-refractivity contribution in [3.05, 3.63) is 59.7 Å². The second-order valence-corrected chi connectivity index (χ2v) is 10.1. The summed E-state index contributed by atoms with van der Waals surface area (Å²) >= 11 is 0. The molecule has 2 fully saturated rings. The van der Waals surface area contributed by atoms with E-state index in [0.29, 0.717) is 19.5 Å². The highest BCUT2D eigenvalue weighted by Gasteiger charge is 2.36. The number of amides is 2. The third-order valence-corrected chi connectivity index (χ3v) is 7.74. The minimum atomic E-state index is -0.808. The van der Waals surface area contributed by atoms with Crippen LogP contribution in [0.3, 0.4) is 0 Å². The zero-order chi connectivity index (χ0) is 24.4. The second-order valence-electron chi connectivity index (χ2n) is 10.1. The van der Waals surface area contributed by atoms with E-state index < -0.39 is 12.1 Å². The molecule has 7 heteroatoms. The number of fused-ring (bicyclic) bond motifs is 3. The van der Waals surface area contributed by atoms with Crippen molar-refractivity contribution < 1.29 is 24.2 Å². The largest absolute Gasteiger partial charge is 0.481 e. The van der Waals surface area contributed by atoms with E-state index in [1.807, 2.05) is 29.2 Å². The number of nitrogens with zero attached hydrogens (tertiary/aromatic N) is 1. The van der Waals surface area contributed by atoms with Gasteiger partial charge in [0.05, 0.1) is 0 Å². The molecule has 0 bridgehead atoms. The Morgan fingerprint density at radius 1 is 0.971 bits per heavy atom. The molecule has 2 amide bonds. The van der Waals surface area contributed by atoms with Crippen molar-refractivity contribution >= 4 is 18.0 Å². The number of rotatable bonds is 6. The quantitative estimate of drug-likeness (QED) is 0.644. The Labute approximate surface area is 205 Å². The minimum absolute atomic E-state index is 0.0175. The molecule has 0 aromatic heterocycles. The molecule has 2 N–H and O–H groups in total. The smallest absolute Gasteiger partial charge is 0.407 e. The summed E-state index contributed by atoms with van der Waals surface area (Å²) in [6.07, 6.45) is 3.44. The maximum absolute atomic E-state index is 13.0. The van der Waals surface area contributed by atoms with Crippen molar-refractivity contribution in [1.82, 2.24) is 10.2 Å². The van der Waals surface area contributed by atoms with Gasteiger partial charge in [0.1, 0.15) is 6.61 Å². The monoisotopic (exact) mass is 476 g/mol. The number of carboxylic acids is 1. The minimum Gasteiger partial charge on any atom is -0.481 e. The summed E-state index contributed by atoms with van der Waals surface area (Å²) in [7, 11) is 0. The van der Waals surface area contributed by atoms with Gasteiger partial charge in [-0.2, -0.15) is 0 Å². The lowest BCUT2D eigenvalue weighted by Gasteiger charge is -2.33. The molecule has 3 atom stereocenters. The number of benzene rings is 2. The number of ether oxygens (including phenoxy) is 1. The van der Waals surface area contributed by atoms with Crippen LogP contribution >= 0.6 is 0 Å². The van der Waals surface area contributed by atoms with Gasteiger partial charge < -0.3 is 20.1 Å². The van der Waals surface area contributed by atoms with Crippen LogP contribution < -0.4 is 5.32 Å². The summed E-state index contributed by atoms with van der Waals surface area (Å²) < 4.78 is 5.66. The lowest BCUT2D eigenvalue weighted by atomic mass is 9.93. The molecule has 1 saturated carbocycles. The lowest BCUT2D eigenvalue weighted by Crippen LogP contribution is -2.43. The molecular formula is C28H32N2O5. The maximum atomic E-state index is 13.0. The van der Waals surface area contributed by atoms with Crippen LogP contribution in [0.2, 0.25) is 0 Å². The standard InChI is InChI=1S/C28H32N2O5/c31-26(32)14-18-6-5-13-30(16-18)27(33)19-11-12-20(15-19)29-28(34)35-17-25-23-9-3-1-7-21(23)22-8-2-4-10-24(22)25/h1-4,7-10,18-20,25H,5-6,11-17H2,(H,29,34)(H,31,32)/t18?,19-,20+/m1/s1. The fourth-order valence-electron chi connectivity index (χ4n) is 6.08. The van der Waals surface area contributed by atoms with E-state index >= 15 is 0 Å². The van der Waals surface area contributed by atoms with Gasteiger partial charge >= 0.3 is 12.1 Å². The Morgan fingerprint density at radius 2 is 1.66 bits per heavy atom. The molecular weight excluding hydrogens is 444 g/mol. The van der Waals surface area contributed by atoms with Crippen LogP contribution in [0.4, 0.5) is 4.79 Å². The van der Waals surface area contributed by atoms with E-state index in [2.05, 4.69) is 29.6 Å². The molecule has 0 radical (unpaired) electrons. The molecule has 3 aliphatic rings. The molecule has 0 spiro atoms. The van der Waals surface area contributed by atoms with Crippen LogP contribution in [-0.2, 0) is 14.3 Å². The predicted octanol–water partition coefficient (Wildman–Crippen LogP) is 4.41. The number of hydrogen-bond acceptors (Lipinski definition) is 4. The van der Waals surface area contributed by atoms with E-state index in [-0.39, 0.29) is 42.7 Å². The Hall–Kier alpha value is -3.35. The number of alkyl carbamates (subject to hydrolysis) is 1. The van der Waals surface area contributed by atoms with Gasteiger partial charge in [-0.25, -0.2) is 4.79 Å². The van der Waals surface area contributed by atoms with Gasteiger partial charge in [0.15, 0.2) is 0 Å². The molecule has 2 aliphatic carbocycles. The fourth-order valence-corrected chi connectivity index (χ4v) is 6.08. The number of carbonyl (C=O) groups excluding carboxylic acids is 2. The van der Waals surface area contributed by atoms with Crippen molar-refractivity contribution in [1.29, 1.82) is 0 Å². The first-order valence-electron chi connectivity index (χ1n) is 12.6. The average Bonchev–Trinajstić information content (AvgIpc) is 3.45. The Morgan fingerprint density at radius 3 is 2.34 bits per heavy atom. The zero-order valence-corrected chi connectivity index (χ0v) is 19.8. The number of carbonyl (C=O) groups is 3. The first kappa shape index (κ1) is 23.4. The topological polar surface area (TPSA) is 95.9 Å². The van der Waals surface area contributed by atoms with Crippen molar-refractivity contribution in [2.75, 3.05) is 19.7 Å². The fraction of sp³-hybridized carbons (Fsp3) is 0.464. The lowest BCUT2D eigenvalue weighted by molar-refractivity contribution is -0.142. The van der Waals surface area contributed by atoms with Crippen LogP contribution in [0.1, 0.15) is 55.6 Å². The second kappa shape index (κ2) is 10.1. The van der Waals surface area contributed by atoms with E-state index in [1.54, 1.807) is 0 Å². The summed E-state index contributed by atoms with van der Waals surface area (Å²) in [5.74, 6) is -0.794. The van der Waals surface area contributed by atoms with Crippen molar-refractivity contribution in [2.45, 2.75) is 50.5 Å². The Balaban J connectivity index is 1.12. The van der Waals surface area contributed by atoms with Gasteiger partial charge in [0.2, 0.25) is 5.91 Å². The van der Waals surface area contributed by atoms with Crippen LogP contribution in [0.25, 0.3) is 11.1 Å². The van der Waals surface area contributed by atoms with Crippen molar-refractivity contribution in [3.63, 3.8) is 0 Å². The number of likely N-dealkylation sites (tertiary alicyclic amines) is 1. The first-order valence-corrected chi connectivity index (χ1v) is 12.6. The van der Waals surface area contributed by atoms with Gasteiger partial charge in [0, 0.05) is 37.4 Å². The average molecular weight is 477 g/mol.